The highest BCUT2D eigenvalue weighted by Gasteiger charge is 2.11. The van der Waals surface area contributed by atoms with E-state index in [1.165, 1.54) is 0 Å². The third-order valence-corrected chi connectivity index (χ3v) is 3.28. The molecule has 0 amide bonds. The van der Waals surface area contributed by atoms with Crippen LogP contribution >= 0.6 is 11.6 Å². The maximum atomic E-state index is 12.1. The first kappa shape index (κ1) is 13.6. The van der Waals surface area contributed by atoms with Crippen LogP contribution in [0, 0.1) is 0 Å². The first-order valence-electron chi connectivity index (χ1n) is 5.81. The number of hydrogen-bond donors (Lipinski definition) is 1. The lowest BCUT2D eigenvalue weighted by atomic mass is 10.1. The fraction of sp³-hybridized carbons (Fsp3) is 0.214. The first-order valence-corrected chi connectivity index (χ1v) is 6.19. The minimum atomic E-state index is -0.109. The molecular formula is C14H15ClN2O2. The monoisotopic (exact) mass is 278 g/mol. The zero-order valence-corrected chi connectivity index (χ0v) is 11.6. The Balaban J connectivity index is 2.69. The molecule has 0 spiro atoms. The predicted molar refractivity (Wildman–Crippen MR) is 76.6 cm³/mol. The average Bonchev–Trinajstić information content (AvgIpc) is 2.42. The minimum Gasteiger partial charge on any atom is -0.496 e. The Labute approximate surface area is 116 Å². The Morgan fingerprint density at radius 3 is 2.68 bits per heavy atom. The molecule has 100 valence electrons. The Kier molecular flexibility index (Phi) is 3.93. The summed E-state index contributed by atoms with van der Waals surface area (Å²) in [5.41, 5.74) is 7.51. The van der Waals surface area contributed by atoms with Gasteiger partial charge in [-0.2, -0.15) is 0 Å². The number of nitrogens with zero attached hydrogens (tertiary/aromatic N) is 1. The molecule has 19 heavy (non-hydrogen) atoms. The highest BCUT2D eigenvalue weighted by atomic mass is 35.5. The lowest BCUT2D eigenvalue weighted by molar-refractivity contribution is 0.416. The number of aromatic nitrogens is 1. The van der Waals surface area contributed by atoms with Gasteiger partial charge in [0.2, 0.25) is 0 Å². The van der Waals surface area contributed by atoms with E-state index in [9.17, 15) is 4.79 Å². The highest BCUT2D eigenvalue weighted by Crippen LogP contribution is 2.31. The van der Waals surface area contributed by atoms with Gasteiger partial charge in [0.15, 0.2) is 0 Å². The lowest BCUT2D eigenvalue weighted by Gasteiger charge is -2.13. The largest absolute Gasteiger partial charge is 0.496 e. The van der Waals surface area contributed by atoms with Crippen molar-refractivity contribution in [3.8, 4) is 17.0 Å². The minimum absolute atomic E-state index is 0.109. The van der Waals surface area contributed by atoms with E-state index >= 15 is 0 Å². The average molecular weight is 279 g/mol. The first-order chi connectivity index (χ1) is 9.08. The SMILES string of the molecule is COc1ccc(Cl)cc1-c1ccc(CN)c(=O)n1C. The van der Waals surface area contributed by atoms with Crippen LogP contribution in [0.15, 0.2) is 35.1 Å². The van der Waals surface area contributed by atoms with Crippen molar-refractivity contribution in [2.24, 2.45) is 12.8 Å². The van der Waals surface area contributed by atoms with Gasteiger partial charge < -0.3 is 15.0 Å². The van der Waals surface area contributed by atoms with Crippen LogP contribution in [0.25, 0.3) is 11.3 Å². The smallest absolute Gasteiger partial charge is 0.255 e. The number of methoxy groups -OCH3 is 1. The number of hydrogen-bond acceptors (Lipinski definition) is 3. The molecule has 1 aromatic heterocycles. The Morgan fingerprint density at radius 1 is 1.32 bits per heavy atom. The van der Waals surface area contributed by atoms with Crippen LogP contribution in [0.4, 0.5) is 0 Å². The van der Waals surface area contributed by atoms with Gasteiger partial charge in [0.1, 0.15) is 5.75 Å². The molecule has 1 heterocycles. The second-order valence-corrected chi connectivity index (χ2v) is 4.59. The molecule has 2 rings (SSSR count). The molecule has 5 heteroatoms. The summed E-state index contributed by atoms with van der Waals surface area (Å²) in [6, 6.07) is 8.88. The van der Waals surface area contributed by atoms with Crippen LogP contribution in [0.3, 0.4) is 0 Å². The van der Waals surface area contributed by atoms with E-state index in [1.54, 1.807) is 43.0 Å². The van der Waals surface area contributed by atoms with Crippen LogP contribution in [-0.2, 0) is 13.6 Å². The molecule has 2 N–H and O–H groups in total. The molecule has 0 unspecified atom stereocenters. The van der Waals surface area contributed by atoms with Crippen LogP contribution < -0.4 is 16.0 Å². The van der Waals surface area contributed by atoms with Gasteiger partial charge in [-0.25, -0.2) is 0 Å². The summed E-state index contributed by atoms with van der Waals surface area (Å²) in [5.74, 6) is 0.667. The molecule has 4 nitrogen and oxygen atoms in total. The van der Waals surface area contributed by atoms with Crippen molar-refractivity contribution in [3.63, 3.8) is 0 Å². The molecule has 0 bridgehead atoms. The van der Waals surface area contributed by atoms with Crippen LogP contribution in [-0.4, -0.2) is 11.7 Å². The highest BCUT2D eigenvalue weighted by molar-refractivity contribution is 6.30. The van der Waals surface area contributed by atoms with Crippen LogP contribution in [0.2, 0.25) is 5.02 Å². The number of nitrogens with two attached hydrogens (primary N) is 1. The molecule has 0 saturated heterocycles. The lowest BCUT2D eigenvalue weighted by Crippen LogP contribution is -2.24. The molecule has 0 aliphatic rings. The predicted octanol–water partition coefficient (Wildman–Crippen LogP) is 2.17. The van der Waals surface area contributed by atoms with Crippen molar-refractivity contribution in [1.82, 2.24) is 4.57 Å². The number of ether oxygens (including phenoxy) is 1. The van der Waals surface area contributed by atoms with Crippen molar-refractivity contribution in [3.05, 3.63) is 51.3 Å². The molecule has 2 aromatic rings. The summed E-state index contributed by atoms with van der Waals surface area (Å²) in [7, 11) is 3.29. The maximum absolute atomic E-state index is 12.1. The van der Waals surface area contributed by atoms with E-state index in [0.29, 0.717) is 16.3 Å². The van der Waals surface area contributed by atoms with Gasteiger partial charge in [-0.3, -0.25) is 4.79 Å². The van der Waals surface area contributed by atoms with E-state index in [1.807, 2.05) is 6.07 Å². The molecule has 0 aliphatic carbocycles. The van der Waals surface area contributed by atoms with Crippen molar-refractivity contribution < 1.29 is 4.74 Å². The van der Waals surface area contributed by atoms with Gasteiger partial charge in [0.05, 0.1) is 12.8 Å². The molecule has 0 radical (unpaired) electrons. The number of pyridine rings is 1. The number of rotatable bonds is 3. The molecule has 0 atom stereocenters. The second-order valence-electron chi connectivity index (χ2n) is 4.16. The van der Waals surface area contributed by atoms with E-state index < -0.39 is 0 Å². The zero-order chi connectivity index (χ0) is 14.0. The van der Waals surface area contributed by atoms with Crippen LogP contribution in [0.1, 0.15) is 5.56 Å². The number of halogens is 1. The molecule has 0 saturated carbocycles. The van der Waals surface area contributed by atoms with Gasteiger partial charge in [-0.15, -0.1) is 0 Å². The van der Waals surface area contributed by atoms with Crippen molar-refractivity contribution in [2.45, 2.75) is 6.54 Å². The van der Waals surface area contributed by atoms with Crippen LogP contribution in [0.5, 0.6) is 5.75 Å². The zero-order valence-electron chi connectivity index (χ0n) is 10.8. The molecule has 0 fully saturated rings. The third kappa shape index (κ3) is 2.50. The van der Waals surface area contributed by atoms with Crippen molar-refractivity contribution >= 4 is 11.6 Å². The topological polar surface area (TPSA) is 57.2 Å². The Hall–Kier alpha value is -1.78. The quantitative estimate of drug-likeness (QED) is 0.936. The normalized spacial score (nSPS) is 10.5. The summed E-state index contributed by atoms with van der Waals surface area (Å²) >= 11 is 6.01. The van der Waals surface area contributed by atoms with Crippen molar-refractivity contribution in [2.75, 3.05) is 7.11 Å². The van der Waals surface area contributed by atoms with Crippen molar-refractivity contribution in [1.29, 1.82) is 0 Å². The molecule has 1 aromatic carbocycles. The van der Waals surface area contributed by atoms with E-state index in [0.717, 1.165) is 11.3 Å². The third-order valence-electron chi connectivity index (χ3n) is 3.04. The summed E-state index contributed by atoms with van der Waals surface area (Å²) in [6.45, 7) is 0.222. The standard InChI is InChI=1S/C14H15ClN2O2/c1-17-12(5-3-9(8-16)14(17)18)11-7-10(15)4-6-13(11)19-2/h3-7H,8,16H2,1-2H3. The summed E-state index contributed by atoms with van der Waals surface area (Å²) < 4.78 is 6.86. The van der Waals surface area contributed by atoms with Gasteiger partial charge in [-0.1, -0.05) is 17.7 Å². The molecular weight excluding hydrogens is 264 g/mol. The van der Waals surface area contributed by atoms with Gasteiger partial charge in [0.25, 0.3) is 5.56 Å². The number of benzene rings is 1. The fourth-order valence-corrected chi connectivity index (χ4v) is 2.17. The molecule has 0 aliphatic heterocycles. The fourth-order valence-electron chi connectivity index (χ4n) is 1.99. The van der Waals surface area contributed by atoms with E-state index in [4.69, 9.17) is 22.1 Å². The maximum Gasteiger partial charge on any atom is 0.255 e. The Bertz CT molecular complexity index is 665. The van der Waals surface area contributed by atoms with Gasteiger partial charge in [0, 0.05) is 29.7 Å². The van der Waals surface area contributed by atoms with E-state index in [2.05, 4.69) is 0 Å². The summed E-state index contributed by atoms with van der Waals surface area (Å²) in [4.78, 5) is 12.1. The Morgan fingerprint density at radius 2 is 2.05 bits per heavy atom. The van der Waals surface area contributed by atoms with E-state index in [-0.39, 0.29) is 12.1 Å². The second kappa shape index (κ2) is 5.47. The van der Waals surface area contributed by atoms with Gasteiger partial charge >= 0.3 is 0 Å². The summed E-state index contributed by atoms with van der Waals surface area (Å²) in [6.07, 6.45) is 0. The van der Waals surface area contributed by atoms with Gasteiger partial charge in [-0.05, 0) is 24.3 Å². The summed E-state index contributed by atoms with van der Waals surface area (Å²) in [5, 5.41) is 0.589.